The van der Waals surface area contributed by atoms with E-state index in [2.05, 4.69) is 19.2 Å². The molecule has 1 unspecified atom stereocenters. The van der Waals surface area contributed by atoms with E-state index in [0.29, 0.717) is 11.5 Å². The molecule has 0 saturated heterocycles. The molecule has 1 aromatic carbocycles. The highest BCUT2D eigenvalue weighted by atomic mass is 16.3. The minimum atomic E-state index is -0.280. The van der Waals surface area contributed by atoms with E-state index < -0.39 is 0 Å². The van der Waals surface area contributed by atoms with Crippen LogP contribution < -0.4 is 5.32 Å². The Hall–Kier alpha value is -1.71. The van der Waals surface area contributed by atoms with Gasteiger partial charge >= 0.3 is 0 Å². The van der Waals surface area contributed by atoms with Gasteiger partial charge in [0.05, 0.1) is 0 Å². The molecule has 0 aromatic heterocycles. The van der Waals surface area contributed by atoms with Gasteiger partial charge in [-0.1, -0.05) is 13.8 Å². The van der Waals surface area contributed by atoms with Crippen LogP contribution in [-0.4, -0.2) is 22.2 Å². The Labute approximate surface area is 108 Å². The van der Waals surface area contributed by atoms with E-state index in [4.69, 9.17) is 0 Å². The Morgan fingerprint density at radius 1 is 1.17 bits per heavy atom. The zero-order valence-corrected chi connectivity index (χ0v) is 11.1. The molecule has 100 valence electrons. The van der Waals surface area contributed by atoms with Crippen molar-refractivity contribution in [3.63, 3.8) is 0 Å². The number of hydrogen-bond donors (Lipinski definition) is 3. The number of carbonyl (C=O) groups is 1. The highest BCUT2D eigenvalue weighted by Gasteiger charge is 2.12. The third kappa shape index (κ3) is 4.28. The Bertz CT molecular complexity index is 416. The first kappa shape index (κ1) is 14.4. The number of benzene rings is 1. The lowest BCUT2D eigenvalue weighted by molar-refractivity contribution is 0.0937. The molecule has 1 amide bonds. The van der Waals surface area contributed by atoms with E-state index >= 15 is 0 Å². The Balaban J connectivity index is 2.56. The third-order valence-corrected chi connectivity index (χ3v) is 2.79. The lowest BCUT2D eigenvalue weighted by Crippen LogP contribution is -2.32. The molecule has 18 heavy (non-hydrogen) atoms. The molecule has 4 nitrogen and oxygen atoms in total. The molecule has 3 N–H and O–H groups in total. The summed E-state index contributed by atoms with van der Waals surface area (Å²) in [6.45, 7) is 6.25. The summed E-state index contributed by atoms with van der Waals surface area (Å²) >= 11 is 0. The summed E-state index contributed by atoms with van der Waals surface area (Å²) in [6.07, 6.45) is 1.98. The molecule has 1 atom stereocenters. The molecular formula is C14H21NO3. The fourth-order valence-corrected chi connectivity index (χ4v) is 1.63. The maximum absolute atomic E-state index is 11.9. The second-order valence-corrected chi connectivity index (χ2v) is 5.05. The summed E-state index contributed by atoms with van der Waals surface area (Å²) in [5.41, 5.74) is 0.349. The predicted octanol–water partition coefficient (Wildman–Crippen LogP) is 2.65. The molecular weight excluding hydrogens is 230 g/mol. The number of rotatable bonds is 5. The molecule has 0 aliphatic heterocycles. The highest BCUT2D eigenvalue weighted by Crippen LogP contribution is 2.24. The Morgan fingerprint density at radius 2 is 1.83 bits per heavy atom. The van der Waals surface area contributed by atoms with Gasteiger partial charge in [-0.2, -0.15) is 0 Å². The lowest BCUT2D eigenvalue weighted by Gasteiger charge is -2.15. The van der Waals surface area contributed by atoms with Crippen LogP contribution in [0.3, 0.4) is 0 Å². The maximum Gasteiger partial charge on any atom is 0.251 e. The van der Waals surface area contributed by atoms with Crippen molar-refractivity contribution in [1.82, 2.24) is 5.32 Å². The molecule has 0 aliphatic carbocycles. The van der Waals surface area contributed by atoms with E-state index in [0.717, 1.165) is 12.8 Å². The monoisotopic (exact) mass is 251 g/mol. The quantitative estimate of drug-likeness (QED) is 0.705. The summed E-state index contributed by atoms with van der Waals surface area (Å²) in [6, 6.07) is 4.15. The molecule has 1 aromatic rings. The van der Waals surface area contributed by atoms with E-state index in [1.807, 2.05) is 6.92 Å². The molecule has 0 saturated carbocycles. The molecule has 4 heteroatoms. The van der Waals surface area contributed by atoms with Gasteiger partial charge in [-0.15, -0.1) is 0 Å². The van der Waals surface area contributed by atoms with Crippen molar-refractivity contribution < 1.29 is 15.0 Å². The van der Waals surface area contributed by atoms with Gasteiger partial charge in [-0.05, 0) is 43.9 Å². The number of nitrogens with one attached hydrogen (secondary N) is 1. The number of phenolic OH excluding ortho intramolecular Hbond substituents is 2. The average molecular weight is 251 g/mol. The molecule has 0 fully saturated rings. The second-order valence-electron chi connectivity index (χ2n) is 5.05. The lowest BCUT2D eigenvalue weighted by atomic mass is 10.0. The van der Waals surface area contributed by atoms with Gasteiger partial charge in [0.1, 0.15) is 0 Å². The third-order valence-electron chi connectivity index (χ3n) is 2.79. The zero-order chi connectivity index (χ0) is 13.7. The van der Waals surface area contributed by atoms with Crippen LogP contribution in [0, 0.1) is 5.92 Å². The number of phenols is 2. The first-order valence-electron chi connectivity index (χ1n) is 6.23. The van der Waals surface area contributed by atoms with Crippen LogP contribution in [0.1, 0.15) is 44.0 Å². The van der Waals surface area contributed by atoms with Crippen LogP contribution in [0.25, 0.3) is 0 Å². The average Bonchev–Trinajstić information content (AvgIpc) is 2.30. The van der Waals surface area contributed by atoms with Crippen LogP contribution in [0.15, 0.2) is 18.2 Å². The fraction of sp³-hybridized carbons (Fsp3) is 0.500. The molecule has 0 spiro atoms. The van der Waals surface area contributed by atoms with E-state index in [1.54, 1.807) is 0 Å². The summed E-state index contributed by atoms with van der Waals surface area (Å²) < 4.78 is 0. The molecule has 1 rings (SSSR count). The summed E-state index contributed by atoms with van der Waals surface area (Å²) in [7, 11) is 0. The van der Waals surface area contributed by atoms with Gasteiger partial charge in [0.25, 0.3) is 5.91 Å². The van der Waals surface area contributed by atoms with E-state index in [1.165, 1.54) is 18.2 Å². The van der Waals surface area contributed by atoms with Crippen molar-refractivity contribution in [3.05, 3.63) is 23.8 Å². The normalized spacial score (nSPS) is 12.4. The second kappa shape index (κ2) is 6.28. The van der Waals surface area contributed by atoms with Crippen molar-refractivity contribution in [2.24, 2.45) is 5.92 Å². The number of aromatic hydroxyl groups is 2. The topological polar surface area (TPSA) is 69.6 Å². The molecule has 0 bridgehead atoms. The molecule has 0 aliphatic rings. The minimum Gasteiger partial charge on any atom is -0.504 e. The standard InChI is InChI=1S/C14H21NO3/c1-9(2)4-5-10(3)15-14(18)11-6-7-12(16)13(17)8-11/h6-10,16-17H,4-5H2,1-3H3,(H,15,18). The number of amides is 1. The molecule has 0 radical (unpaired) electrons. The summed E-state index contributed by atoms with van der Waals surface area (Å²) in [4.78, 5) is 11.9. The smallest absolute Gasteiger partial charge is 0.251 e. The predicted molar refractivity (Wildman–Crippen MR) is 70.8 cm³/mol. The zero-order valence-electron chi connectivity index (χ0n) is 11.1. The minimum absolute atomic E-state index is 0.0934. The van der Waals surface area contributed by atoms with Gasteiger partial charge in [0.15, 0.2) is 11.5 Å². The van der Waals surface area contributed by atoms with Crippen LogP contribution in [0.2, 0.25) is 0 Å². The molecule has 0 heterocycles. The Morgan fingerprint density at radius 3 is 2.39 bits per heavy atom. The van der Waals surface area contributed by atoms with Gasteiger partial charge < -0.3 is 15.5 Å². The highest BCUT2D eigenvalue weighted by molar-refractivity contribution is 5.95. The van der Waals surface area contributed by atoms with E-state index in [-0.39, 0.29) is 23.4 Å². The first-order valence-corrected chi connectivity index (χ1v) is 6.23. The maximum atomic E-state index is 11.9. The summed E-state index contributed by atoms with van der Waals surface area (Å²) in [5.74, 6) is -0.125. The van der Waals surface area contributed by atoms with Gasteiger partial charge in [0.2, 0.25) is 0 Å². The van der Waals surface area contributed by atoms with Crippen molar-refractivity contribution in [3.8, 4) is 11.5 Å². The fourth-order valence-electron chi connectivity index (χ4n) is 1.63. The van der Waals surface area contributed by atoms with Crippen molar-refractivity contribution in [2.45, 2.75) is 39.7 Å². The largest absolute Gasteiger partial charge is 0.504 e. The van der Waals surface area contributed by atoms with Crippen molar-refractivity contribution in [1.29, 1.82) is 0 Å². The first-order chi connectivity index (χ1) is 8.40. The van der Waals surface area contributed by atoms with Crippen LogP contribution in [-0.2, 0) is 0 Å². The Kier molecular flexibility index (Phi) is 5.01. The van der Waals surface area contributed by atoms with Crippen molar-refractivity contribution in [2.75, 3.05) is 0 Å². The van der Waals surface area contributed by atoms with Crippen LogP contribution in [0.5, 0.6) is 11.5 Å². The number of hydrogen-bond acceptors (Lipinski definition) is 3. The number of carbonyl (C=O) groups excluding carboxylic acids is 1. The van der Waals surface area contributed by atoms with Gasteiger partial charge in [0, 0.05) is 11.6 Å². The van der Waals surface area contributed by atoms with Gasteiger partial charge in [-0.3, -0.25) is 4.79 Å². The SMILES string of the molecule is CC(C)CCC(C)NC(=O)c1ccc(O)c(O)c1. The van der Waals surface area contributed by atoms with E-state index in [9.17, 15) is 15.0 Å². The summed E-state index contributed by atoms with van der Waals surface area (Å²) in [5, 5.41) is 21.4. The van der Waals surface area contributed by atoms with Gasteiger partial charge in [-0.25, -0.2) is 0 Å². The van der Waals surface area contributed by atoms with Crippen LogP contribution >= 0.6 is 0 Å². The van der Waals surface area contributed by atoms with Crippen molar-refractivity contribution >= 4 is 5.91 Å². The van der Waals surface area contributed by atoms with Crippen LogP contribution in [0.4, 0.5) is 0 Å².